The number of hydrogen-bond donors (Lipinski definition) is 3. The molecule has 0 amide bonds. The van der Waals surface area contributed by atoms with Gasteiger partial charge in [0, 0.05) is 25.7 Å². The highest BCUT2D eigenvalue weighted by Crippen LogP contribution is 2.45. The van der Waals surface area contributed by atoms with Gasteiger partial charge in [-0.1, -0.05) is 375 Å². The van der Waals surface area contributed by atoms with E-state index in [1.54, 1.807) is 0 Å². The van der Waals surface area contributed by atoms with Crippen LogP contribution in [0.4, 0.5) is 0 Å². The summed E-state index contributed by atoms with van der Waals surface area (Å²) >= 11 is 0. The predicted molar refractivity (Wildman–Crippen MR) is 409 cm³/mol. The Bertz CT molecular complexity index is 1920. The molecule has 19 heteroatoms. The summed E-state index contributed by atoms with van der Waals surface area (Å²) in [6.45, 7) is 9.59. The van der Waals surface area contributed by atoms with E-state index in [2.05, 4.69) is 41.5 Å². The van der Waals surface area contributed by atoms with Gasteiger partial charge in [0.1, 0.15) is 19.3 Å². The van der Waals surface area contributed by atoms with Gasteiger partial charge in [0.25, 0.3) is 0 Å². The van der Waals surface area contributed by atoms with Crippen molar-refractivity contribution in [3.63, 3.8) is 0 Å². The molecule has 0 aliphatic carbocycles. The number of carbonyl (C=O) groups is 4. The standard InChI is InChI=1S/C81H158O17P2/c1-7-9-11-13-14-15-16-17-18-19-20-21-22-23-24-32-37-42-47-53-60-66-81(86)98-77(70-92-79(84)64-58-52-46-41-36-31-27-25-29-34-39-44-50-55-61-73(3)4)72-96-100(89,90)94-68-75(82)67-93-99(87,88)95-71-76(69-91-78(83)63-57-49-12-10-8-2)97-80(85)65-59-54-48-43-38-33-28-26-30-35-40-45-51-56-62-74(5)6/h73-77,82H,7-72H2,1-6H3,(H,87,88)(H,89,90)/t75-,76+,77+/m0/s1. The lowest BCUT2D eigenvalue weighted by atomic mass is 10.0. The van der Waals surface area contributed by atoms with E-state index in [0.29, 0.717) is 25.7 Å². The van der Waals surface area contributed by atoms with E-state index in [1.165, 1.54) is 238 Å². The van der Waals surface area contributed by atoms with Gasteiger partial charge >= 0.3 is 39.5 Å². The second-order valence-corrected chi connectivity index (χ2v) is 33.0. The molecule has 17 nitrogen and oxygen atoms in total. The van der Waals surface area contributed by atoms with Gasteiger partial charge in [-0.3, -0.25) is 37.3 Å². The van der Waals surface area contributed by atoms with E-state index in [1.807, 2.05) is 0 Å². The highest BCUT2D eigenvalue weighted by Gasteiger charge is 2.30. The van der Waals surface area contributed by atoms with E-state index >= 15 is 0 Å². The number of aliphatic hydroxyl groups excluding tert-OH is 1. The summed E-state index contributed by atoms with van der Waals surface area (Å²) in [7, 11) is -9.91. The van der Waals surface area contributed by atoms with Gasteiger partial charge < -0.3 is 33.8 Å². The van der Waals surface area contributed by atoms with Gasteiger partial charge in [0.15, 0.2) is 12.2 Å². The third-order valence-electron chi connectivity index (χ3n) is 19.0. The Labute approximate surface area is 613 Å². The molecule has 0 saturated carbocycles. The van der Waals surface area contributed by atoms with Crippen LogP contribution in [0.15, 0.2) is 0 Å². The largest absolute Gasteiger partial charge is 0.472 e. The van der Waals surface area contributed by atoms with Crippen molar-refractivity contribution in [2.45, 2.75) is 445 Å². The van der Waals surface area contributed by atoms with Crippen molar-refractivity contribution in [2.75, 3.05) is 39.6 Å². The maximum atomic E-state index is 13.1. The van der Waals surface area contributed by atoms with Crippen molar-refractivity contribution in [3.8, 4) is 0 Å². The number of esters is 4. The van der Waals surface area contributed by atoms with Crippen LogP contribution in [-0.4, -0.2) is 96.7 Å². The number of phosphoric ester groups is 2. The summed E-state index contributed by atoms with van der Waals surface area (Å²) < 4.78 is 68.5. The summed E-state index contributed by atoms with van der Waals surface area (Å²) in [5, 5.41) is 10.6. The maximum absolute atomic E-state index is 13.1. The van der Waals surface area contributed by atoms with Gasteiger partial charge in [0.05, 0.1) is 26.4 Å². The first-order valence-electron chi connectivity index (χ1n) is 42.0. The molecule has 0 aliphatic rings. The number of aliphatic hydroxyl groups is 1. The molecule has 0 aliphatic heterocycles. The van der Waals surface area contributed by atoms with Crippen LogP contribution in [0.2, 0.25) is 0 Å². The molecule has 0 rings (SSSR count). The lowest BCUT2D eigenvalue weighted by Gasteiger charge is -2.21. The van der Waals surface area contributed by atoms with Gasteiger partial charge in [-0.05, 0) is 37.5 Å². The molecule has 0 radical (unpaired) electrons. The Balaban J connectivity index is 5.11. The van der Waals surface area contributed by atoms with Gasteiger partial charge in [-0.15, -0.1) is 0 Å². The molecule has 0 aromatic rings. The second-order valence-electron chi connectivity index (χ2n) is 30.1. The summed E-state index contributed by atoms with van der Waals surface area (Å²) in [5.74, 6) is -0.526. The lowest BCUT2D eigenvalue weighted by molar-refractivity contribution is -0.161. The van der Waals surface area contributed by atoms with E-state index in [4.69, 9.17) is 37.0 Å². The number of phosphoric acid groups is 2. The molecule has 594 valence electrons. The molecule has 0 saturated heterocycles. The molecule has 0 bridgehead atoms. The molecule has 0 heterocycles. The zero-order chi connectivity index (χ0) is 73.5. The predicted octanol–water partition coefficient (Wildman–Crippen LogP) is 24.3. The average molecular weight is 1470 g/mol. The summed E-state index contributed by atoms with van der Waals surface area (Å²) in [5.41, 5.74) is 0. The minimum Gasteiger partial charge on any atom is -0.462 e. The van der Waals surface area contributed by atoms with Crippen molar-refractivity contribution >= 4 is 39.5 Å². The SMILES string of the molecule is CCCCCCCCCCCCCCCCCCCCCCCC(=O)O[C@H](COC(=O)CCCCCCCCCCCCCCCCC(C)C)COP(=O)(O)OC[C@@H](O)COP(=O)(O)OC[C@@H](COC(=O)CCCCCCC)OC(=O)CCCCCCCCCCCCCCCCC(C)C. The normalized spacial score (nSPS) is 13.9. The first kappa shape index (κ1) is 98.1. The quantitative estimate of drug-likeness (QED) is 0.0222. The van der Waals surface area contributed by atoms with Gasteiger partial charge in [-0.25, -0.2) is 9.13 Å². The molecule has 5 atom stereocenters. The molecule has 0 fully saturated rings. The highest BCUT2D eigenvalue weighted by atomic mass is 31.2. The Morgan fingerprint density at radius 2 is 0.460 bits per heavy atom. The fourth-order valence-corrected chi connectivity index (χ4v) is 14.1. The van der Waals surface area contributed by atoms with Gasteiger partial charge in [0.2, 0.25) is 0 Å². The van der Waals surface area contributed by atoms with Crippen LogP contribution in [0, 0.1) is 11.8 Å². The monoisotopic (exact) mass is 1470 g/mol. The highest BCUT2D eigenvalue weighted by molar-refractivity contribution is 7.47. The topological polar surface area (TPSA) is 237 Å². The molecule has 2 unspecified atom stereocenters. The summed E-state index contributed by atoms with van der Waals surface area (Å²) in [6, 6.07) is 0. The third kappa shape index (κ3) is 74.3. The van der Waals surface area contributed by atoms with Crippen LogP contribution in [0.5, 0.6) is 0 Å². The molecule has 3 N–H and O–H groups in total. The molecular formula is C81H158O17P2. The van der Waals surface area contributed by atoms with Crippen LogP contribution in [-0.2, 0) is 65.4 Å². The summed E-state index contributed by atoms with van der Waals surface area (Å²) in [6.07, 6.45) is 63.0. The van der Waals surface area contributed by atoms with Crippen LogP contribution >= 0.6 is 15.6 Å². The Kier molecular flexibility index (Phi) is 71.2. The van der Waals surface area contributed by atoms with Crippen molar-refractivity contribution in [2.24, 2.45) is 11.8 Å². The molecular weight excluding hydrogens is 1310 g/mol. The first-order chi connectivity index (χ1) is 48.4. The van der Waals surface area contributed by atoms with Crippen LogP contribution in [0.1, 0.15) is 427 Å². The number of rotatable bonds is 80. The van der Waals surface area contributed by atoms with E-state index in [-0.39, 0.29) is 25.7 Å². The fourth-order valence-electron chi connectivity index (χ4n) is 12.5. The van der Waals surface area contributed by atoms with Crippen molar-refractivity contribution in [3.05, 3.63) is 0 Å². The number of unbranched alkanes of at least 4 members (excludes halogenated alkanes) is 50. The van der Waals surface area contributed by atoms with Gasteiger partial charge in [-0.2, -0.15) is 0 Å². The number of ether oxygens (including phenoxy) is 4. The minimum absolute atomic E-state index is 0.107. The zero-order valence-corrected chi connectivity index (χ0v) is 67.3. The van der Waals surface area contributed by atoms with Crippen LogP contribution in [0.3, 0.4) is 0 Å². The number of carbonyl (C=O) groups excluding carboxylic acids is 4. The number of hydrogen-bond acceptors (Lipinski definition) is 15. The Morgan fingerprint density at radius 3 is 0.680 bits per heavy atom. The summed E-state index contributed by atoms with van der Waals surface area (Å²) in [4.78, 5) is 72.7. The van der Waals surface area contributed by atoms with Crippen LogP contribution < -0.4 is 0 Å². The van der Waals surface area contributed by atoms with Crippen molar-refractivity contribution < 1.29 is 80.2 Å². The zero-order valence-electron chi connectivity index (χ0n) is 65.5. The average Bonchev–Trinajstić information content (AvgIpc) is 0.952. The lowest BCUT2D eigenvalue weighted by Crippen LogP contribution is -2.30. The van der Waals surface area contributed by atoms with Crippen LogP contribution in [0.25, 0.3) is 0 Å². The molecule has 0 spiro atoms. The smallest absolute Gasteiger partial charge is 0.462 e. The van der Waals surface area contributed by atoms with Crippen molar-refractivity contribution in [1.82, 2.24) is 0 Å². The maximum Gasteiger partial charge on any atom is 0.472 e. The van der Waals surface area contributed by atoms with Crippen molar-refractivity contribution in [1.29, 1.82) is 0 Å². The third-order valence-corrected chi connectivity index (χ3v) is 20.9. The van der Waals surface area contributed by atoms with E-state index in [0.717, 1.165) is 108 Å². The second kappa shape index (κ2) is 72.6. The molecule has 100 heavy (non-hydrogen) atoms. The minimum atomic E-state index is -4.96. The molecule has 0 aromatic carbocycles. The van der Waals surface area contributed by atoms with E-state index in [9.17, 15) is 43.2 Å². The fraction of sp³-hybridized carbons (Fsp3) is 0.951. The Morgan fingerprint density at radius 1 is 0.270 bits per heavy atom. The van der Waals surface area contributed by atoms with E-state index < -0.39 is 97.5 Å². The molecule has 0 aromatic heterocycles. The Hall–Kier alpha value is -1.94. The first-order valence-corrected chi connectivity index (χ1v) is 45.0.